The summed E-state index contributed by atoms with van der Waals surface area (Å²) in [6.07, 6.45) is 3.45. The van der Waals surface area contributed by atoms with E-state index in [1.807, 2.05) is 43.3 Å². The van der Waals surface area contributed by atoms with Gasteiger partial charge in [-0.2, -0.15) is 0 Å². The van der Waals surface area contributed by atoms with Crippen LogP contribution in [0.4, 0.5) is 11.8 Å². The monoisotopic (exact) mass is 344 g/mol. The van der Waals surface area contributed by atoms with Crippen LogP contribution in [-0.2, 0) is 0 Å². The predicted octanol–water partition coefficient (Wildman–Crippen LogP) is 4.41. The summed E-state index contributed by atoms with van der Waals surface area (Å²) in [4.78, 5) is 11.6. The molecule has 0 atom stereocenters. The minimum absolute atomic E-state index is 0.594. The summed E-state index contributed by atoms with van der Waals surface area (Å²) in [6, 6.07) is 11.4. The van der Waals surface area contributed by atoms with Crippen LogP contribution < -0.4 is 10.1 Å². The van der Waals surface area contributed by atoms with E-state index in [2.05, 4.69) is 36.2 Å². The summed E-state index contributed by atoms with van der Waals surface area (Å²) < 4.78 is 6.71. The van der Waals surface area contributed by atoms with Crippen molar-refractivity contribution in [2.45, 2.75) is 6.92 Å². The van der Waals surface area contributed by atoms with Crippen LogP contribution in [0.15, 0.2) is 53.3 Å². The molecule has 0 spiro atoms. The van der Waals surface area contributed by atoms with Gasteiger partial charge in [0.2, 0.25) is 5.95 Å². The van der Waals surface area contributed by atoms with Gasteiger partial charge in [-0.3, -0.25) is 0 Å². The third kappa shape index (κ3) is 3.41. The van der Waals surface area contributed by atoms with Crippen molar-refractivity contribution in [2.24, 2.45) is 0 Å². The maximum absolute atomic E-state index is 5.87. The van der Waals surface area contributed by atoms with E-state index >= 15 is 0 Å². The Labute approximate surface area is 130 Å². The molecule has 2 aromatic heterocycles. The second kappa shape index (κ2) is 5.97. The molecule has 6 heteroatoms. The SMILES string of the molecule is Cc1cnc(Nc2ncc(Br)cc2Oc2ccccc2)[nH]1. The van der Waals surface area contributed by atoms with Gasteiger partial charge in [0.1, 0.15) is 5.75 Å². The molecular formula is C15H13BrN4O. The van der Waals surface area contributed by atoms with E-state index in [0.717, 1.165) is 15.9 Å². The molecule has 2 N–H and O–H groups in total. The lowest BCUT2D eigenvalue weighted by atomic mass is 10.3. The zero-order valence-corrected chi connectivity index (χ0v) is 12.9. The fraction of sp³-hybridized carbons (Fsp3) is 0.0667. The molecule has 0 saturated heterocycles. The lowest BCUT2D eigenvalue weighted by Gasteiger charge is -2.11. The van der Waals surface area contributed by atoms with E-state index in [1.165, 1.54) is 0 Å². The highest BCUT2D eigenvalue weighted by atomic mass is 79.9. The number of benzene rings is 1. The van der Waals surface area contributed by atoms with E-state index in [-0.39, 0.29) is 0 Å². The van der Waals surface area contributed by atoms with Crippen molar-refractivity contribution < 1.29 is 4.74 Å². The van der Waals surface area contributed by atoms with E-state index < -0.39 is 0 Å². The first-order chi connectivity index (χ1) is 10.2. The topological polar surface area (TPSA) is 62.8 Å². The number of rotatable bonds is 4. The Morgan fingerprint density at radius 3 is 2.67 bits per heavy atom. The van der Waals surface area contributed by atoms with Crippen LogP contribution in [0.5, 0.6) is 11.5 Å². The molecule has 1 aromatic carbocycles. The van der Waals surface area contributed by atoms with Gasteiger partial charge in [-0.1, -0.05) is 18.2 Å². The lowest BCUT2D eigenvalue weighted by Crippen LogP contribution is -1.98. The number of nitrogens with zero attached hydrogens (tertiary/aromatic N) is 2. The van der Waals surface area contributed by atoms with Gasteiger partial charge >= 0.3 is 0 Å². The highest BCUT2D eigenvalue weighted by molar-refractivity contribution is 9.10. The number of ether oxygens (including phenoxy) is 1. The molecule has 21 heavy (non-hydrogen) atoms. The molecule has 0 bridgehead atoms. The number of imidazole rings is 1. The summed E-state index contributed by atoms with van der Waals surface area (Å²) in [5.74, 6) is 2.58. The zero-order chi connectivity index (χ0) is 14.7. The van der Waals surface area contributed by atoms with Crippen LogP contribution in [0.3, 0.4) is 0 Å². The fourth-order valence-corrected chi connectivity index (χ4v) is 2.11. The maximum Gasteiger partial charge on any atom is 0.206 e. The Morgan fingerprint density at radius 1 is 1.14 bits per heavy atom. The summed E-state index contributed by atoms with van der Waals surface area (Å²) in [7, 11) is 0. The fourth-order valence-electron chi connectivity index (χ4n) is 1.80. The first kappa shape index (κ1) is 13.6. The molecule has 3 aromatic rings. The predicted molar refractivity (Wildman–Crippen MR) is 85.1 cm³/mol. The van der Waals surface area contributed by atoms with E-state index in [0.29, 0.717) is 17.5 Å². The van der Waals surface area contributed by atoms with Crippen LogP contribution in [0.1, 0.15) is 5.69 Å². The van der Waals surface area contributed by atoms with Crippen molar-refractivity contribution in [1.82, 2.24) is 15.0 Å². The highest BCUT2D eigenvalue weighted by Crippen LogP contribution is 2.31. The number of nitrogens with one attached hydrogen (secondary N) is 2. The Bertz CT molecular complexity index is 742. The molecule has 0 aliphatic carbocycles. The maximum atomic E-state index is 5.87. The quantitative estimate of drug-likeness (QED) is 0.735. The van der Waals surface area contributed by atoms with E-state index in [1.54, 1.807) is 12.4 Å². The molecule has 0 saturated carbocycles. The Hall–Kier alpha value is -2.34. The van der Waals surface area contributed by atoms with Gasteiger partial charge in [-0.15, -0.1) is 0 Å². The molecule has 3 rings (SSSR count). The number of aryl methyl sites for hydroxylation is 1. The standard InChI is InChI=1S/C15H13BrN4O/c1-10-8-18-15(19-10)20-14-13(7-11(16)9-17-14)21-12-5-3-2-4-6-12/h2-9H,1H3,(H2,17,18,19,20). The first-order valence-electron chi connectivity index (χ1n) is 6.38. The molecule has 0 unspecified atom stereocenters. The number of para-hydroxylation sites is 1. The van der Waals surface area contributed by atoms with Gasteiger partial charge in [-0.25, -0.2) is 9.97 Å². The number of hydrogen-bond donors (Lipinski definition) is 2. The van der Waals surface area contributed by atoms with Crippen molar-refractivity contribution in [3.63, 3.8) is 0 Å². The summed E-state index contributed by atoms with van der Waals surface area (Å²) >= 11 is 3.41. The van der Waals surface area contributed by atoms with Gasteiger partial charge < -0.3 is 15.0 Å². The Balaban J connectivity index is 1.89. The number of hydrogen-bond acceptors (Lipinski definition) is 4. The number of pyridine rings is 1. The number of anilines is 2. The van der Waals surface area contributed by atoms with Gasteiger partial charge in [0, 0.05) is 28.6 Å². The van der Waals surface area contributed by atoms with Crippen molar-refractivity contribution in [2.75, 3.05) is 5.32 Å². The largest absolute Gasteiger partial charge is 0.453 e. The van der Waals surface area contributed by atoms with Crippen LogP contribution in [0.25, 0.3) is 0 Å². The molecule has 106 valence electrons. The number of aromatic nitrogens is 3. The van der Waals surface area contributed by atoms with Gasteiger partial charge in [0.25, 0.3) is 0 Å². The minimum Gasteiger partial charge on any atom is -0.453 e. The van der Waals surface area contributed by atoms with E-state index in [4.69, 9.17) is 4.74 Å². The zero-order valence-electron chi connectivity index (χ0n) is 11.3. The molecule has 0 fully saturated rings. The third-order valence-corrected chi connectivity index (χ3v) is 3.16. The van der Waals surface area contributed by atoms with Crippen molar-refractivity contribution >= 4 is 27.7 Å². The second-order valence-electron chi connectivity index (χ2n) is 4.46. The second-order valence-corrected chi connectivity index (χ2v) is 5.37. The lowest BCUT2D eigenvalue weighted by molar-refractivity contribution is 0.482. The van der Waals surface area contributed by atoms with Gasteiger partial charge in [-0.05, 0) is 35.0 Å². The Morgan fingerprint density at radius 2 is 1.95 bits per heavy atom. The summed E-state index contributed by atoms with van der Waals surface area (Å²) in [5, 5.41) is 3.12. The molecule has 0 aliphatic rings. The Kier molecular flexibility index (Phi) is 3.87. The average Bonchev–Trinajstić information content (AvgIpc) is 2.88. The third-order valence-electron chi connectivity index (χ3n) is 2.73. The molecular weight excluding hydrogens is 332 g/mol. The minimum atomic E-state index is 0.594. The number of aromatic amines is 1. The molecule has 0 aliphatic heterocycles. The van der Waals surface area contributed by atoms with Crippen LogP contribution in [0, 0.1) is 6.92 Å². The first-order valence-corrected chi connectivity index (χ1v) is 7.17. The van der Waals surface area contributed by atoms with Crippen molar-refractivity contribution in [1.29, 1.82) is 0 Å². The van der Waals surface area contributed by atoms with E-state index in [9.17, 15) is 0 Å². The molecule has 0 amide bonds. The van der Waals surface area contributed by atoms with Crippen LogP contribution in [-0.4, -0.2) is 15.0 Å². The van der Waals surface area contributed by atoms with Gasteiger partial charge in [0.15, 0.2) is 11.6 Å². The number of H-pyrrole nitrogens is 1. The highest BCUT2D eigenvalue weighted by Gasteiger charge is 2.09. The molecule has 5 nitrogen and oxygen atoms in total. The summed E-state index contributed by atoms with van der Waals surface area (Å²) in [5.41, 5.74) is 0.972. The normalized spacial score (nSPS) is 10.4. The molecule has 2 heterocycles. The average molecular weight is 345 g/mol. The van der Waals surface area contributed by atoms with Crippen LogP contribution in [0.2, 0.25) is 0 Å². The molecule has 0 radical (unpaired) electrons. The van der Waals surface area contributed by atoms with Crippen molar-refractivity contribution in [3.05, 3.63) is 59.0 Å². The smallest absolute Gasteiger partial charge is 0.206 e. The van der Waals surface area contributed by atoms with Crippen molar-refractivity contribution in [3.8, 4) is 11.5 Å². The van der Waals surface area contributed by atoms with Crippen LogP contribution >= 0.6 is 15.9 Å². The van der Waals surface area contributed by atoms with Gasteiger partial charge in [0.05, 0.1) is 0 Å². The number of halogens is 1. The summed E-state index contributed by atoms with van der Waals surface area (Å²) in [6.45, 7) is 1.94.